The summed E-state index contributed by atoms with van der Waals surface area (Å²) in [5.74, 6) is 4.92. The van der Waals surface area contributed by atoms with Crippen LogP contribution in [0.15, 0.2) is 60.7 Å². The molecule has 0 spiro atoms. The van der Waals surface area contributed by atoms with Crippen LogP contribution in [-0.2, 0) is 15.1 Å². The minimum absolute atomic E-state index is 0.134. The molecule has 1 heterocycles. The van der Waals surface area contributed by atoms with Gasteiger partial charge in [0.1, 0.15) is 12.1 Å². The van der Waals surface area contributed by atoms with Gasteiger partial charge in [-0.05, 0) is 24.1 Å². The fourth-order valence-electron chi connectivity index (χ4n) is 3.14. The normalized spacial score (nSPS) is 18.2. The molecule has 0 aromatic heterocycles. The van der Waals surface area contributed by atoms with E-state index in [1.807, 2.05) is 55.5 Å². The van der Waals surface area contributed by atoms with E-state index in [9.17, 15) is 14.4 Å². The van der Waals surface area contributed by atoms with E-state index >= 15 is 0 Å². The van der Waals surface area contributed by atoms with Crippen LogP contribution in [0.2, 0.25) is 0 Å². The molecule has 1 atom stereocenters. The molecule has 6 nitrogen and oxygen atoms in total. The average molecular weight is 375 g/mol. The highest BCUT2D eigenvalue weighted by Crippen LogP contribution is 2.32. The van der Waals surface area contributed by atoms with Gasteiger partial charge in [-0.15, -0.1) is 0 Å². The van der Waals surface area contributed by atoms with Crippen molar-refractivity contribution >= 4 is 17.8 Å². The van der Waals surface area contributed by atoms with Gasteiger partial charge in [0, 0.05) is 5.56 Å². The largest absolute Gasteiger partial charge is 0.344 e. The summed E-state index contributed by atoms with van der Waals surface area (Å²) in [4.78, 5) is 38.5. The molecule has 0 aliphatic carbocycles. The zero-order valence-electron chi connectivity index (χ0n) is 15.6. The first-order chi connectivity index (χ1) is 13.6. The first-order valence-corrected chi connectivity index (χ1v) is 9.07. The highest BCUT2D eigenvalue weighted by atomic mass is 16.2. The number of rotatable bonds is 5. The zero-order valence-corrected chi connectivity index (χ0v) is 15.6. The van der Waals surface area contributed by atoms with Gasteiger partial charge in [0.05, 0.1) is 6.54 Å². The fraction of sp³-hybridized carbons (Fsp3) is 0.227. The second kappa shape index (κ2) is 8.40. The predicted molar refractivity (Wildman–Crippen MR) is 105 cm³/mol. The Hall–Kier alpha value is -3.59. The lowest BCUT2D eigenvalue weighted by molar-refractivity contribution is -0.135. The molecular weight excluding hydrogens is 354 g/mol. The Balaban J connectivity index is 1.63. The van der Waals surface area contributed by atoms with Crippen molar-refractivity contribution in [1.29, 1.82) is 0 Å². The second-order valence-corrected chi connectivity index (χ2v) is 6.39. The molecule has 142 valence electrons. The van der Waals surface area contributed by atoms with Crippen molar-refractivity contribution in [2.24, 2.45) is 0 Å². The van der Waals surface area contributed by atoms with Gasteiger partial charge in [-0.2, -0.15) is 0 Å². The van der Waals surface area contributed by atoms with E-state index in [0.29, 0.717) is 12.0 Å². The van der Waals surface area contributed by atoms with Gasteiger partial charge in [-0.1, -0.05) is 67.3 Å². The summed E-state index contributed by atoms with van der Waals surface area (Å²) < 4.78 is 0. The summed E-state index contributed by atoms with van der Waals surface area (Å²) in [6.07, 6.45) is 0.391. The number of benzene rings is 2. The van der Waals surface area contributed by atoms with E-state index in [1.54, 1.807) is 12.1 Å². The van der Waals surface area contributed by atoms with E-state index in [2.05, 4.69) is 22.5 Å². The van der Waals surface area contributed by atoms with Crippen LogP contribution in [0.4, 0.5) is 4.79 Å². The smallest absolute Gasteiger partial charge is 0.325 e. The Morgan fingerprint density at radius 3 is 2.36 bits per heavy atom. The molecule has 0 bridgehead atoms. The summed E-state index contributed by atoms with van der Waals surface area (Å²) in [6, 6.07) is 17.9. The maximum atomic E-state index is 13.0. The van der Waals surface area contributed by atoms with Crippen molar-refractivity contribution in [3.05, 3.63) is 71.8 Å². The molecule has 0 unspecified atom stereocenters. The first-order valence-electron chi connectivity index (χ1n) is 9.07. The SMILES string of the molecule is CC[C@@]1(c2ccccc2)NC(=O)N(CC(=O)NCC#Cc2ccccc2)C1=O. The van der Waals surface area contributed by atoms with Gasteiger partial charge in [0.2, 0.25) is 5.91 Å². The number of imide groups is 1. The number of urea groups is 1. The highest BCUT2D eigenvalue weighted by Gasteiger charge is 2.51. The van der Waals surface area contributed by atoms with E-state index in [4.69, 9.17) is 0 Å². The molecule has 2 aromatic rings. The van der Waals surface area contributed by atoms with Crippen molar-refractivity contribution in [3.63, 3.8) is 0 Å². The van der Waals surface area contributed by atoms with Crippen molar-refractivity contribution in [2.45, 2.75) is 18.9 Å². The Morgan fingerprint density at radius 1 is 1.07 bits per heavy atom. The van der Waals surface area contributed by atoms with Crippen molar-refractivity contribution in [3.8, 4) is 11.8 Å². The van der Waals surface area contributed by atoms with E-state index in [1.165, 1.54) is 0 Å². The van der Waals surface area contributed by atoms with E-state index in [0.717, 1.165) is 10.5 Å². The van der Waals surface area contributed by atoms with Crippen LogP contribution < -0.4 is 10.6 Å². The summed E-state index contributed by atoms with van der Waals surface area (Å²) in [5.41, 5.74) is 0.417. The molecule has 1 saturated heterocycles. The third kappa shape index (κ3) is 3.89. The van der Waals surface area contributed by atoms with Gasteiger partial charge in [0.15, 0.2) is 0 Å². The van der Waals surface area contributed by atoms with Gasteiger partial charge >= 0.3 is 6.03 Å². The monoisotopic (exact) mass is 375 g/mol. The zero-order chi connectivity index (χ0) is 20.0. The lowest BCUT2D eigenvalue weighted by Crippen LogP contribution is -2.44. The van der Waals surface area contributed by atoms with Crippen molar-refractivity contribution in [2.75, 3.05) is 13.1 Å². The number of hydrogen-bond acceptors (Lipinski definition) is 3. The molecule has 1 aliphatic heterocycles. The molecule has 3 rings (SSSR count). The molecule has 6 heteroatoms. The minimum Gasteiger partial charge on any atom is -0.344 e. The number of hydrogen-bond donors (Lipinski definition) is 2. The molecule has 2 aromatic carbocycles. The quantitative estimate of drug-likeness (QED) is 0.620. The topological polar surface area (TPSA) is 78.5 Å². The summed E-state index contributed by atoms with van der Waals surface area (Å²) in [5, 5.41) is 5.38. The maximum Gasteiger partial charge on any atom is 0.325 e. The molecule has 4 amide bonds. The van der Waals surface area contributed by atoms with Crippen LogP contribution >= 0.6 is 0 Å². The third-order valence-corrected chi connectivity index (χ3v) is 4.65. The van der Waals surface area contributed by atoms with Gasteiger partial charge in [0.25, 0.3) is 5.91 Å². The molecule has 28 heavy (non-hydrogen) atoms. The predicted octanol–water partition coefficient (Wildman–Crippen LogP) is 2.01. The summed E-state index contributed by atoms with van der Waals surface area (Å²) in [6.45, 7) is 1.62. The number of nitrogens with zero attached hydrogens (tertiary/aromatic N) is 1. The first kappa shape index (κ1) is 19.2. The third-order valence-electron chi connectivity index (χ3n) is 4.65. The van der Waals surface area contributed by atoms with E-state index in [-0.39, 0.29) is 13.1 Å². The molecular formula is C22H21N3O3. The summed E-state index contributed by atoms with van der Waals surface area (Å²) >= 11 is 0. The van der Waals surface area contributed by atoms with Crippen LogP contribution in [0.1, 0.15) is 24.5 Å². The Bertz CT molecular complexity index is 932. The lowest BCUT2D eigenvalue weighted by Gasteiger charge is -2.25. The molecule has 1 fully saturated rings. The minimum atomic E-state index is -1.13. The van der Waals surface area contributed by atoms with Crippen molar-refractivity contribution in [1.82, 2.24) is 15.5 Å². The molecule has 1 aliphatic rings. The molecule has 2 N–H and O–H groups in total. The standard InChI is InChI=1S/C22H21N3O3/c1-2-22(18-13-7-4-8-14-18)20(27)25(21(28)24-22)16-19(26)23-15-9-12-17-10-5-3-6-11-17/h3-8,10-11,13-14H,2,15-16H2,1H3,(H,23,26)(H,24,28)/t22-/m0/s1. The fourth-order valence-corrected chi connectivity index (χ4v) is 3.14. The number of amides is 4. The Morgan fingerprint density at radius 2 is 1.71 bits per heavy atom. The molecule has 0 radical (unpaired) electrons. The Labute approximate surface area is 163 Å². The van der Waals surface area contributed by atoms with Gasteiger partial charge < -0.3 is 10.6 Å². The number of carbonyl (C=O) groups excluding carboxylic acids is 3. The highest BCUT2D eigenvalue weighted by molar-refractivity contribution is 6.09. The van der Waals surface area contributed by atoms with Crippen LogP contribution in [0.3, 0.4) is 0 Å². The molecule has 0 saturated carbocycles. The van der Waals surface area contributed by atoms with Gasteiger partial charge in [-0.25, -0.2) is 4.79 Å². The summed E-state index contributed by atoms with van der Waals surface area (Å²) in [7, 11) is 0. The van der Waals surface area contributed by atoms with Crippen LogP contribution in [0.25, 0.3) is 0 Å². The average Bonchev–Trinajstić information content (AvgIpc) is 2.98. The van der Waals surface area contributed by atoms with Gasteiger partial charge in [-0.3, -0.25) is 14.5 Å². The lowest BCUT2D eigenvalue weighted by atomic mass is 9.87. The van der Waals surface area contributed by atoms with Crippen LogP contribution in [0.5, 0.6) is 0 Å². The number of nitrogens with one attached hydrogen (secondary N) is 2. The van der Waals surface area contributed by atoms with E-state index < -0.39 is 23.4 Å². The number of carbonyl (C=O) groups is 3. The second-order valence-electron chi connectivity index (χ2n) is 6.39. The maximum absolute atomic E-state index is 13.0. The Kier molecular flexibility index (Phi) is 5.75. The van der Waals surface area contributed by atoms with Crippen LogP contribution in [0, 0.1) is 11.8 Å². The van der Waals surface area contributed by atoms with Crippen molar-refractivity contribution < 1.29 is 14.4 Å². The van der Waals surface area contributed by atoms with Crippen LogP contribution in [-0.4, -0.2) is 35.8 Å².